The predicted octanol–water partition coefficient (Wildman–Crippen LogP) is 2.51. The van der Waals surface area contributed by atoms with Crippen LogP contribution in [-0.2, 0) is 4.74 Å². The number of carbonyl (C=O) groups is 1. The van der Waals surface area contributed by atoms with Gasteiger partial charge in [0.15, 0.2) is 11.5 Å². The van der Waals surface area contributed by atoms with E-state index in [4.69, 9.17) is 14.2 Å². The molecule has 0 spiro atoms. The zero-order valence-corrected chi connectivity index (χ0v) is 16.6. The van der Waals surface area contributed by atoms with E-state index in [9.17, 15) is 4.79 Å². The third kappa shape index (κ3) is 4.28. The molecule has 7 nitrogen and oxygen atoms in total. The minimum absolute atomic E-state index is 0.0476. The second kappa shape index (κ2) is 8.58. The van der Waals surface area contributed by atoms with E-state index in [1.54, 1.807) is 11.8 Å². The SMILES string of the molecule is CSc1cc2c(cc1NC(=O)N1CCN(C3CCOCC3)CC1)OCCO2. The summed E-state index contributed by atoms with van der Waals surface area (Å²) in [7, 11) is 0. The van der Waals surface area contributed by atoms with Gasteiger partial charge in [0.2, 0.25) is 0 Å². The Morgan fingerprint density at radius 2 is 1.70 bits per heavy atom. The Bertz CT molecular complexity index is 673. The van der Waals surface area contributed by atoms with E-state index >= 15 is 0 Å². The number of hydrogen-bond acceptors (Lipinski definition) is 6. The fourth-order valence-electron chi connectivity index (χ4n) is 3.87. The molecule has 0 saturated carbocycles. The molecule has 0 unspecified atom stereocenters. The first kappa shape index (κ1) is 18.7. The van der Waals surface area contributed by atoms with E-state index in [-0.39, 0.29) is 6.03 Å². The maximum atomic E-state index is 12.8. The van der Waals surface area contributed by atoms with Crippen LogP contribution in [0.15, 0.2) is 17.0 Å². The van der Waals surface area contributed by atoms with Crippen LogP contribution in [0.25, 0.3) is 0 Å². The molecule has 2 saturated heterocycles. The lowest BCUT2D eigenvalue weighted by Crippen LogP contribution is -2.53. The number of rotatable bonds is 3. The highest BCUT2D eigenvalue weighted by atomic mass is 32.2. The molecule has 0 aliphatic carbocycles. The summed E-state index contributed by atoms with van der Waals surface area (Å²) in [5.74, 6) is 1.44. The number of piperazine rings is 1. The summed E-state index contributed by atoms with van der Waals surface area (Å²) in [5.41, 5.74) is 0.781. The molecule has 1 N–H and O–H groups in total. The van der Waals surface area contributed by atoms with Crippen LogP contribution in [0, 0.1) is 0 Å². The summed E-state index contributed by atoms with van der Waals surface area (Å²) in [6.45, 7) is 6.16. The summed E-state index contributed by atoms with van der Waals surface area (Å²) in [4.78, 5) is 18.2. The highest BCUT2D eigenvalue weighted by Gasteiger charge is 2.28. The zero-order valence-electron chi connectivity index (χ0n) is 15.7. The fourth-order valence-corrected chi connectivity index (χ4v) is 4.43. The van der Waals surface area contributed by atoms with Crippen molar-refractivity contribution >= 4 is 23.5 Å². The molecule has 27 heavy (non-hydrogen) atoms. The Kier molecular flexibility index (Phi) is 5.95. The molecule has 0 bridgehead atoms. The molecule has 2 fully saturated rings. The van der Waals surface area contributed by atoms with E-state index in [1.165, 1.54) is 0 Å². The van der Waals surface area contributed by atoms with Crippen molar-refractivity contribution in [3.63, 3.8) is 0 Å². The van der Waals surface area contributed by atoms with E-state index in [2.05, 4.69) is 10.2 Å². The monoisotopic (exact) mass is 393 g/mol. The summed E-state index contributed by atoms with van der Waals surface area (Å²) in [5, 5.41) is 3.07. The van der Waals surface area contributed by atoms with Gasteiger partial charge in [-0.2, -0.15) is 0 Å². The molecule has 0 aromatic heterocycles. The van der Waals surface area contributed by atoms with E-state index in [0.29, 0.717) is 25.0 Å². The van der Waals surface area contributed by atoms with E-state index in [0.717, 1.165) is 68.6 Å². The number of nitrogens with one attached hydrogen (secondary N) is 1. The number of hydrogen-bond donors (Lipinski definition) is 1. The Labute approximate surface area is 164 Å². The minimum Gasteiger partial charge on any atom is -0.486 e. The molecule has 3 aliphatic heterocycles. The number of nitrogens with zero attached hydrogens (tertiary/aromatic N) is 2. The summed E-state index contributed by atoms with van der Waals surface area (Å²) < 4.78 is 16.7. The van der Waals surface area contributed by atoms with Gasteiger partial charge in [0.1, 0.15) is 13.2 Å². The molecule has 3 heterocycles. The van der Waals surface area contributed by atoms with Crippen molar-refractivity contribution in [2.24, 2.45) is 0 Å². The van der Waals surface area contributed by atoms with Crippen LogP contribution in [-0.4, -0.2) is 80.7 Å². The van der Waals surface area contributed by atoms with Gasteiger partial charge < -0.3 is 24.4 Å². The normalized spacial score (nSPS) is 21.1. The molecule has 2 amide bonds. The molecule has 4 rings (SSSR count). The van der Waals surface area contributed by atoms with Crippen LogP contribution in [0.2, 0.25) is 0 Å². The maximum Gasteiger partial charge on any atom is 0.321 e. The number of amides is 2. The van der Waals surface area contributed by atoms with Gasteiger partial charge in [-0.25, -0.2) is 4.79 Å². The van der Waals surface area contributed by atoms with Crippen LogP contribution in [0.5, 0.6) is 11.5 Å². The molecule has 148 valence electrons. The highest BCUT2D eigenvalue weighted by Crippen LogP contribution is 2.39. The number of thioether (sulfide) groups is 1. The van der Waals surface area contributed by atoms with Gasteiger partial charge >= 0.3 is 6.03 Å². The lowest BCUT2D eigenvalue weighted by molar-refractivity contribution is 0.0194. The number of anilines is 1. The minimum atomic E-state index is -0.0476. The first-order valence-corrected chi connectivity index (χ1v) is 10.8. The maximum absolute atomic E-state index is 12.8. The smallest absolute Gasteiger partial charge is 0.321 e. The lowest BCUT2D eigenvalue weighted by atomic mass is 10.1. The van der Waals surface area contributed by atoms with Crippen molar-refractivity contribution < 1.29 is 19.0 Å². The molecule has 8 heteroatoms. The van der Waals surface area contributed by atoms with Gasteiger partial charge in [0.05, 0.1) is 5.69 Å². The van der Waals surface area contributed by atoms with Gasteiger partial charge in [-0.15, -0.1) is 11.8 Å². The molecule has 1 aromatic carbocycles. The van der Waals surface area contributed by atoms with Gasteiger partial charge in [0.25, 0.3) is 0 Å². The first-order chi connectivity index (χ1) is 13.2. The molecular formula is C19H27N3O4S. The van der Waals surface area contributed by atoms with Crippen molar-refractivity contribution in [3.05, 3.63) is 12.1 Å². The number of fused-ring (bicyclic) bond motifs is 1. The van der Waals surface area contributed by atoms with Crippen LogP contribution in [0.1, 0.15) is 12.8 Å². The van der Waals surface area contributed by atoms with Crippen molar-refractivity contribution in [1.29, 1.82) is 0 Å². The third-order valence-electron chi connectivity index (χ3n) is 5.41. The van der Waals surface area contributed by atoms with Gasteiger partial charge in [-0.3, -0.25) is 4.90 Å². The number of benzene rings is 1. The number of urea groups is 1. The molecule has 0 atom stereocenters. The van der Waals surface area contributed by atoms with Crippen LogP contribution in [0.3, 0.4) is 0 Å². The number of ether oxygens (including phenoxy) is 3. The Morgan fingerprint density at radius 3 is 2.37 bits per heavy atom. The highest BCUT2D eigenvalue weighted by molar-refractivity contribution is 7.98. The number of carbonyl (C=O) groups excluding carboxylic acids is 1. The summed E-state index contributed by atoms with van der Waals surface area (Å²) in [6, 6.07) is 4.37. The predicted molar refractivity (Wildman–Crippen MR) is 105 cm³/mol. The van der Waals surface area contributed by atoms with Crippen LogP contribution in [0.4, 0.5) is 10.5 Å². The van der Waals surface area contributed by atoms with Gasteiger partial charge in [-0.05, 0) is 25.2 Å². The fraction of sp³-hybridized carbons (Fsp3) is 0.632. The molecular weight excluding hydrogens is 366 g/mol. The Morgan fingerprint density at radius 1 is 1.04 bits per heavy atom. The molecule has 3 aliphatic rings. The van der Waals surface area contributed by atoms with Crippen LogP contribution < -0.4 is 14.8 Å². The summed E-state index contributed by atoms with van der Waals surface area (Å²) >= 11 is 1.59. The molecule has 1 aromatic rings. The van der Waals surface area contributed by atoms with Crippen molar-refractivity contribution in [1.82, 2.24) is 9.80 Å². The van der Waals surface area contributed by atoms with Gasteiger partial charge in [-0.1, -0.05) is 0 Å². The topological polar surface area (TPSA) is 63.3 Å². The Balaban J connectivity index is 1.37. The van der Waals surface area contributed by atoms with E-state index in [1.807, 2.05) is 23.3 Å². The van der Waals surface area contributed by atoms with Crippen molar-refractivity contribution in [3.8, 4) is 11.5 Å². The van der Waals surface area contributed by atoms with Crippen molar-refractivity contribution in [2.75, 3.05) is 64.2 Å². The second-order valence-electron chi connectivity index (χ2n) is 6.99. The standard InChI is InChI=1S/C19H27N3O4S/c1-27-18-13-17-16(25-10-11-26-17)12-15(18)20-19(23)22-6-4-21(5-7-22)14-2-8-24-9-3-14/h12-14H,2-11H2,1H3,(H,20,23). The van der Waals surface area contributed by atoms with Crippen LogP contribution >= 0.6 is 11.8 Å². The zero-order chi connectivity index (χ0) is 18.6. The summed E-state index contributed by atoms with van der Waals surface area (Å²) in [6.07, 6.45) is 4.19. The quantitative estimate of drug-likeness (QED) is 0.796. The Hall–Kier alpha value is -1.64. The third-order valence-corrected chi connectivity index (χ3v) is 6.19. The molecule has 0 radical (unpaired) electrons. The second-order valence-corrected chi connectivity index (χ2v) is 7.84. The van der Waals surface area contributed by atoms with E-state index < -0.39 is 0 Å². The lowest BCUT2D eigenvalue weighted by Gasteiger charge is -2.40. The van der Waals surface area contributed by atoms with Gasteiger partial charge in [0, 0.05) is 56.4 Å². The average Bonchev–Trinajstić information content (AvgIpc) is 2.74. The largest absolute Gasteiger partial charge is 0.486 e. The first-order valence-electron chi connectivity index (χ1n) is 9.60. The average molecular weight is 394 g/mol. The van der Waals surface area contributed by atoms with Crippen molar-refractivity contribution in [2.45, 2.75) is 23.8 Å².